The van der Waals surface area contributed by atoms with E-state index in [0.717, 1.165) is 22.3 Å². The number of nitrogens with zero attached hydrogens (tertiary/aromatic N) is 3. The molecular formula is C16H13FN4. The first kappa shape index (κ1) is 13.2. The SMILES string of the molecule is Cc1nc2ccccc2nc1N/N=C\c1ccc(F)cc1. The summed E-state index contributed by atoms with van der Waals surface area (Å²) in [6, 6.07) is 13.7. The van der Waals surface area contributed by atoms with Gasteiger partial charge in [-0.1, -0.05) is 24.3 Å². The van der Waals surface area contributed by atoms with Crippen LogP contribution in [0.3, 0.4) is 0 Å². The van der Waals surface area contributed by atoms with Crippen LogP contribution in [-0.2, 0) is 0 Å². The van der Waals surface area contributed by atoms with Gasteiger partial charge in [-0.3, -0.25) is 5.43 Å². The fourth-order valence-electron chi connectivity index (χ4n) is 1.91. The van der Waals surface area contributed by atoms with Crippen LogP contribution in [0.25, 0.3) is 11.0 Å². The minimum absolute atomic E-state index is 0.267. The van der Waals surface area contributed by atoms with Crippen LogP contribution in [-0.4, -0.2) is 16.2 Å². The van der Waals surface area contributed by atoms with Crippen molar-refractivity contribution in [2.75, 3.05) is 5.43 Å². The molecule has 0 aliphatic carbocycles. The van der Waals surface area contributed by atoms with Gasteiger partial charge in [-0.15, -0.1) is 0 Å². The molecule has 0 aliphatic rings. The summed E-state index contributed by atoms with van der Waals surface area (Å²) in [7, 11) is 0. The summed E-state index contributed by atoms with van der Waals surface area (Å²) < 4.78 is 12.8. The zero-order valence-electron chi connectivity index (χ0n) is 11.4. The van der Waals surface area contributed by atoms with E-state index in [4.69, 9.17) is 0 Å². The Balaban J connectivity index is 1.81. The normalized spacial score (nSPS) is 11.1. The van der Waals surface area contributed by atoms with Gasteiger partial charge in [-0.2, -0.15) is 5.10 Å². The molecule has 0 atom stereocenters. The number of halogens is 1. The van der Waals surface area contributed by atoms with Crippen molar-refractivity contribution in [3.8, 4) is 0 Å². The first-order chi connectivity index (χ1) is 10.2. The predicted octanol–water partition coefficient (Wildman–Crippen LogP) is 3.52. The second-order valence-corrected chi connectivity index (χ2v) is 4.57. The highest BCUT2D eigenvalue weighted by molar-refractivity contribution is 5.80. The number of fused-ring (bicyclic) bond motifs is 1. The molecule has 5 heteroatoms. The van der Waals surface area contributed by atoms with E-state index < -0.39 is 0 Å². The Morgan fingerprint density at radius 2 is 1.67 bits per heavy atom. The number of aromatic nitrogens is 2. The Morgan fingerprint density at radius 1 is 1.00 bits per heavy atom. The molecule has 3 rings (SSSR count). The van der Waals surface area contributed by atoms with Gasteiger partial charge in [0.15, 0.2) is 5.82 Å². The molecular weight excluding hydrogens is 267 g/mol. The fraction of sp³-hybridized carbons (Fsp3) is 0.0625. The third-order valence-electron chi connectivity index (χ3n) is 3.00. The van der Waals surface area contributed by atoms with Crippen molar-refractivity contribution in [3.05, 3.63) is 65.6 Å². The van der Waals surface area contributed by atoms with E-state index in [2.05, 4.69) is 20.5 Å². The summed E-state index contributed by atoms with van der Waals surface area (Å²) in [6.07, 6.45) is 1.61. The molecule has 0 aliphatic heterocycles. The molecule has 2 aromatic carbocycles. The summed E-state index contributed by atoms with van der Waals surface area (Å²) >= 11 is 0. The average Bonchev–Trinajstić information content (AvgIpc) is 2.50. The maximum absolute atomic E-state index is 12.8. The van der Waals surface area contributed by atoms with Crippen molar-refractivity contribution in [2.45, 2.75) is 6.92 Å². The number of nitrogens with one attached hydrogen (secondary N) is 1. The highest BCUT2D eigenvalue weighted by atomic mass is 19.1. The first-order valence-corrected chi connectivity index (χ1v) is 6.50. The van der Waals surface area contributed by atoms with Gasteiger partial charge in [0.1, 0.15) is 5.82 Å². The van der Waals surface area contributed by atoms with Gasteiger partial charge in [-0.05, 0) is 36.8 Å². The molecule has 0 radical (unpaired) electrons. The summed E-state index contributed by atoms with van der Waals surface area (Å²) in [5.41, 5.74) is 6.10. The molecule has 0 saturated carbocycles. The Bertz CT molecular complexity index is 797. The Kier molecular flexibility index (Phi) is 3.55. The molecule has 0 spiro atoms. The van der Waals surface area contributed by atoms with Crippen LogP contribution >= 0.6 is 0 Å². The molecule has 0 amide bonds. The third kappa shape index (κ3) is 3.02. The van der Waals surface area contributed by atoms with Crippen molar-refractivity contribution >= 4 is 23.1 Å². The van der Waals surface area contributed by atoms with Crippen molar-refractivity contribution < 1.29 is 4.39 Å². The number of hydrogen-bond donors (Lipinski definition) is 1. The van der Waals surface area contributed by atoms with E-state index in [0.29, 0.717) is 5.82 Å². The van der Waals surface area contributed by atoms with Crippen LogP contribution < -0.4 is 5.43 Å². The number of hydrazone groups is 1. The highest BCUT2D eigenvalue weighted by Crippen LogP contribution is 2.15. The van der Waals surface area contributed by atoms with Crippen LogP contribution in [0.4, 0.5) is 10.2 Å². The lowest BCUT2D eigenvalue weighted by molar-refractivity contribution is 0.628. The maximum atomic E-state index is 12.8. The lowest BCUT2D eigenvalue weighted by Gasteiger charge is -2.05. The summed E-state index contributed by atoms with van der Waals surface area (Å²) in [4.78, 5) is 8.94. The van der Waals surface area contributed by atoms with E-state index in [-0.39, 0.29) is 5.82 Å². The summed E-state index contributed by atoms with van der Waals surface area (Å²) in [6.45, 7) is 1.87. The number of hydrogen-bond acceptors (Lipinski definition) is 4. The number of aryl methyl sites for hydroxylation is 1. The Labute approximate surface area is 121 Å². The quantitative estimate of drug-likeness (QED) is 0.590. The monoisotopic (exact) mass is 280 g/mol. The van der Waals surface area contributed by atoms with Crippen LogP contribution in [0.1, 0.15) is 11.3 Å². The van der Waals surface area contributed by atoms with Gasteiger partial charge in [0.05, 0.1) is 22.9 Å². The topological polar surface area (TPSA) is 50.2 Å². The number of rotatable bonds is 3. The highest BCUT2D eigenvalue weighted by Gasteiger charge is 2.03. The van der Waals surface area contributed by atoms with E-state index in [9.17, 15) is 4.39 Å². The van der Waals surface area contributed by atoms with Crippen molar-refractivity contribution in [3.63, 3.8) is 0 Å². The third-order valence-corrected chi connectivity index (χ3v) is 3.00. The molecule has 3 aromatic rings. The van der Waals surface area contributed by atoms with Crippen LogP contribution in [0.2, 0.25) is 0 Å². The lowest BCUT2D eigenvalue weighted by atomic mass is 10.2. The molecule has 0 fully saturated rings. The molecule has 0 bridgehead atoms. The fourth-order valence-corrected chi connectivity index (χ4v) is 1.91. The largest absolute Gasteiger partial charge is 0.260 e. The number of anilines is 1. The van der Waals surface area contributed by atoms with Crippen molar-refractivity contribution in [1.29, 1.82) is 0 Å². The summed E-state index contributed by atoms with van der Waals surface area (Å²) in [5.74, 6) is 0.336. The number of para-hydroxylation sites is 2. The Morgan fingerprint density at radius 3 is 2.38 bits per heavy atom. The van der Waals surface area contributed by atoms with Crippen LogP contribution in [0, 0.1) is 12.7 Å². The zero-order valence-corrected chi connectivity index (χ0v) is 11.4. The molecule has 0 saturated heterocycles. The van der Waals surface area contributed by atoms with Crippen molar-refractivity contribution in [2.24, 2.45) is 5.10 Å². The van der Waals surface area contributed by atoms with Gasteiger partial charge in [0, 0.05) is 0 Å². The second kappa shape index (κ2) is 5.66. The van der Waals surface area contributed by atoms with Crippen molar-refractivity contribution in [1.82, 2.24) is 9.97 Å². The molecule has 1 aromatic heterocycles. The van der Waals surface area contributed by atoms with Gasteiger partial charge in [-0.25, -0.2) is 14.4 Å². The summed E-state index contributed by atoms with van der Waals surface area (Å²) in [5, 5.41) is 4.11. The van der Waals surface area contributed by atoms with Crippen LogP contribution in [0.15, 0.2) is 53.6 Å². The van der Waals surface area contributed by atoms with Gasteiger partial charge in [0.25, 0.3) is 0 Å². The molecule has 4 nitrogen and oxygen atoms in total. The molecule has 21 heavy (non-hydrogen) atoms. The molecule has 104 valence electrons. The van der Waals surface area contributed by atoms with Crippen LogP contribution in [0.5, 0.6) is 0 Å². The van der Waals surface area contributed by atoms with Gasteiger partial charge in [0.2, 0.25) is 0 Å². The van der Waals surface area contributed by atoms with E-state index in [1.54, 1.807) is 18.3 Å². The second-order valence-electron chi connectivity index (χ2n) is 4.57. The van der Waals surface area contributed by atoms with Gasteiger partial charge < -0.3 is 0 Å². The lowest BCUT2D eigenvalue weighted by Crippen LogP contribution is -1.99. The molecule has 1 heterocycles. The minimum atomic E-state index is -0.267. The molecule has 1 N–H and O–H groups in total. The molecule has 0 unspecified atom stereocenters. The minimum Gasteiger partial charge on any atom is -0.260 e. The predicted molar refractivity (Wildman–Crippen MR) is 81.9 cm³/mol. The standard InChI is InChI=1S/C16H13FN4/c1-11-16(20-15-5-3-2-4-14(15)19-11)21-18-10-12-6-8-13(17)9-7-12/h2-10H,1H3,(H,20,21)/b18-10-. The number of benzene rings is 2. The van der Waals surface area contributed by atoms with Gasteiger partial charge >= 0.3 is 0 Å². The van der Waals surface area contributed by atoms with E-state index >= 15 is 0 Å². The van der Waals surface area contributed by atoms with E-state index in [1.165, 1.54) is 12.1 Å². The first-order valence-electron chi connectivity index (χ1n) is 6.50. The maximum Gasteiger partial charge on any atom is 0.168 e. The zero-order chi connectivity index (χ0) is 14.7. The smallest absolute Gasteiger partial charge is 0.168 e. The van der Waals surface area contributed by atoms with E-state index in [1.807, 2.05) is 31.2 Å². The Hall–Kier alpha value is -2.82. The average molecular weight is 280 g/mol.